The standard InChI is InChI=1S/C42H64N8O7/c1-3-5-20-31(44)37(51)48-34(26-29-16-9-7-10-17-29)39(53)47-32(21-6-4-2)38(52)46-28-45-33(22-13-14-24-43)41(55)50-25-15-23-36(50)40(54)49-35(42(56)57)27-30-18-11-8-12-19-30/h7-12,16-19,31-36,45H,3-6,13-15,20-28,43-44H2,1-2H3,(H,46,52)(H,47,53)(H,48,51)(H,49,54)(H,56,57)/t31-,32-,33-,34-,35-,36-/m0/s1. The molecule has 0 spiro atoms. The van der Waals surface area contributed by atoms with Crippen molar-refractivity contribution in [1.82, 2.24) is 31.5 Å². The van der Waals surface area contributed by atoms with Crippen molar-refractivity contribution in [2.75, 3.05) is 19.8 Å². The van der Waals surface area contributed by atoms with Crippen molar-refractivity contribution in [3.05, 3.63) is 71.8 Å². The van der Waals surface area contributed by atoms with E-state index in [-0.39, 0.29) is 25.4 Å². The van der Waals surface area contributed by atoms with E-state index in [1.165, 1.54) is 4.90 Å². The Morgan fingerprint density at radius 1 is 0.719 bits per heavy atom. The quantitative estimate of drug-likeness (QED) is 0.0509. The Bertz CT molecular complexity index is 1560. The number of hydrogen-bond donors (Lipinski definition) is 8. The van der Waals surface area contributed by atoms with Crippen molar-refractivity contribution >= 4 is 35.5 Å². The molecule has 5 amide bonds. The number of aliphatic carboxylic acids is 1. The molecule has 0 radical (unpaired) electrons. The van der Waals surface area contributed by atoms with Gasteiger partial charge >= 0.3 is 5.97 Å². The van der Waals surface area contributed by atoms with Crippen molar-refractivity contribution in [1.29, 1.82) is 0 Å². The molecular weight excluding hydrogens is 729 g/mol. The first-order valence-corrected chi connectivity index (χ1v) is 20.5. The van der Waals surface area contributed by atoms with Gasteiger partial charge in [0.2, 0.25) is 29.5 Å². The molecule has 1 fully saturated rings. The van der Waals surface area contributed by atoms with E-state index in [1.807, 2.05) is 50.2 Å². The van der Waals surface area contributed by atoms with Gasteiger partial charge in [0.25, 0.3) is 0 Å². The van der Waals surface area contributed by atoms with Crippen LogP contribution in [0.4, 0.5) is 0 Å². The van der Waals surface area contributed by atoms with Gasteiger partial charge in [0.1, 0.15) is 24.2 Å². The van der Waals surface area contributed by atoms with Crippen LogP contribution >= 0.6 is 0 Å². The predicted molar refractivity (Wildman–Crippen MR) is 218 cm³/mol. The number of rotatable bonds is 26. The van der Waals surface area contributed by atoms with Crippen molar-refractivity contribution in [2.45, 2.75) is 134 Å². The lowest BCUT2D eigenvalue weighted by molar-refractivity contribution is -0.144. The molecule has 0 aliphatic carbocycles. The molecule has 2 aromatic carbocycles. The highest BCUT2D eigenvalue weighted by Gasteiger charge is 2.38. The average Bonchev–Trinajstić information content (AvgIpc) is 3.71. The fraction of sp³-hybridized carbons (Fsp3) is 0.571. The third-order valence-corrected chi connectivity index (χ3v) is 10.2. The maximum atomic E-state index is 14.0. The highest BCUT2D eigenvalue weighted by Crippen LogP contribution is 2.20. The molecule has 0 bridgehead atoms. The average molecular weight is 793 g/mol. The van der Waals surface area contributed by atoms with Gasteiger partial charge in [-0.3, -0.25) is 29.3 Å². The van der Waals surface area contributed by atoms with Gasteiger partial charge in [0, 0.05) is 19.4 Å². The summed E-state index contributed by atoms with van der Waals surface area (Å²) < 4.78 is 0. The molecule has 2 aromatic rings. The molecule has 15 heteroatoms. The summed E-state index contributed by atoms with van der Waals surface area (Å²) in [5, 5.41) is 24.1. The van der Waals surface area contributed by atoms with Gasteiger partial charge in [-0.05, 0) is 56.2 Å². The zero-order valence-electron chi connectivity index (χ0n) is 33.5. The molecule has 0 aromatic heterocycles. The van der Waals surface area contributed by atoms with Gasteiger partial charge in [-0.2, -0.15) is 0 Å². The van der Waals surface area contributed by atoms with E-state index in [4.69, 9.17) is 11.5 Å². The Labute approximate surface area is 336 Å². The minimum absolute atomic E-state index is 0.0980. The number of likely N-dealkylation sites (tertiary alicyclic amines) is 1. The number of carboxylic acids is 1. The van der Waals surface area contributed by atoms with Crippen LogP contribution in [0.15, 0.2) is 60.7 Å². The van der Waals surface area contributed by atoms with Crippen LogP contribution in [0, 0.1) is 0 Å². The van der Waals surface area contributed by atoms with E-state index in [1.54, 1.807) is 24.3 Å². The third kappa shape index (κ3) is 15.9. The van der Waals surface area contributed by atoms with Crippen LogP contribution in [0.2, 0.25) is 0 Å². The van der Waals surface area contributed by atoms with Crippen LogP contribution < -0.4 is 38.1 Å². The maximum absolute atomic E-state index is 14.0. The lowest BCUT2D eigenvalue weighted by Crippen LogP contribution is -2.58. The molecule has 1 heterocycles. The van der Waals surface area contributed by atoms with E-state index in [2.05, 4.69) is 26.6 Å². The number of benzene rings is 2. The summed E-state index contributed by atoms with van der Waals surface area (Å²) in [5.74, 6) is -3.44. The number of carboxylic acid groups (broad SMARTS) is 1. The van der Waals surface area contributed by atoms with Crippen molar-refractivity contribution in [3.63, 3.8) is 0 Å². The monoisotopic (exact) mass is 792 g/mol. The zero-order valence-corrected chi connectivity index (χ0v) is 33.5. The van der Waals surface area contributed by atoms with E-state index in [0.29, 0.717) is 64.5 Å². The van der Waals surface area contributed by atoms with E-state index in [0.717, 1.165) is 30.4 Å². The van der Waals surface area contributed by atoms with Crippen molar-refractivity contribution in [2.24, 2.45) is 11.5 Å². The van der Waals surface area contributed by atoms with E-state index >= 15 is 0 Å². The van der Waals surface area contributed by atoms with Crippen molar-refractivity contribution in [3.8, 4) is 0 Å². The molecule has 10 N–H and O–H groups in total. The second kappa shape index (κ2) is 25.4. The SMILES string of the molecule is CCCC[C@H](NC(=O)[C@H](Cc1ccccc1)NC(=O)[C@@H](N)CCCC)C(=O)NCN[C@@H](CCCCN)C(=O)N1CCC[C@H]1C(=O)N[C@@H](Cc1ccccc1)C(=O)O. The summed E-state index contributed by atoms with van der Waals surface area (Å²) in [4.78, 5) is 81.4. The number of hydrogen-bond acceptors (Lipinski definition) is 9. The van der Waals surface area contributed by atoms with Gasteiger partial charge in [0.15, 0.2) is 0 Å². The van der Waals surface area contributed by atoms with Gasteiger partial charge in [0.05, 0.1) is 18.8 Å². The number of carbonyl (C=O) groups is 6. The summed E-state index contributed by atoms with van der Waals surface area (Å²) >= 11 is 0. The summed E-state index contributed by atoms with van der Waals surface area (Å²) in [6, 6.07) is 12.8. The molecule has 1 aliphatic heterocycles. The summed E-state index contributed by atoms with van der Waals surface area (Å²) in [7, 11) is 0. The minimum Gasteiger partial charge on any atom is -0.480 e. The summed E-state index contributed by atoms with van der Waals surface area (Å²) in [6.07, 6.45) is 6.83. The van der Waals surface area contributed by atoms with Crippen LogP contribution in [-0.4, -0.2) is 102 Å². The first-order chi connectivity index (χ1) is 27.5. The zero-order chi connectivity index (χ0) is 41.6. The second-order valence-electron chi connectivity index (χ2n) is 14.7. The molecular formula is C42H64N8O7. The smallest absolute Gasteiger partial charge is 0.326 e. The number of nitrogens with zero attached hydrogens (tertiary/aromatic N) is 1. The first-order valence-electron chi connectivity index (χ1n) is 20.5. The Balaban J connectivity index is 1.68. The van der Waals surface area contributed by atoms with Gasteiger partial charge in [-0.1, -0.05) is 107 Å². The van der Waals surface area contributed by atoms with E-state index in [9.17, 15) is 33.9 Å². The van der Waals surface area contributed by atoms with E-state index < -0.39 is 65.8 Å². The fourth-order valence-corrected chi connectivity index (χ4v) is 6.85. The molecule has 57 heavy (non-hydrogen) atoms. The lowest BCUT2D eigenvalue weighted by atomic mass is 10.0. The second-order valence-corrected chi connectivity index (χ2v) is 14.7. The normalized spacial score (nSPS) is 16.4. The molecule has 314 valence electrons. The number of unbranched alkanes of at least 4 members (excludes halogenated alkanes) is 3. The highest BCUT2D eigenvalue weighted by molar-refractivity contribution is 5.94. The number of carbonyl (C=O) groups excluding carboxylic acids is 5. The molecule has 3 rings (SSSR count). The molecule has 0 unspecified atom stereocenters. The maximum Gasteiger partial charge on any atom is 0.326 e. The Kier molecular flexibility index (Phi) is 20.7. The Morgan fingerprint density at radius 2 is 1.30 bits per heavy atom. The molecule has 15 nitrogen and oxygen atoms in total. The molecule has 1 aliphatic rings. The lowest BCUT2D eigenvalue weighted by Gasteiger charge is -2.30. The highest BCUT2D eigenvalue weighted by atomic mass is 16.4. The first kappa shape index (κ1) is 46.5. The van der Waals surface area contributed by atoms with Crippen LogP contribution in [0.5, 0.6) is 0 Å². The van der Waals surface area contributed by atoms with Crippen LogP contribution in [0.3, 0.4) is 0 Å². The topological polar surface area (TPSA) is 238 Å². The van der Waals surface area contributed by atoms with Crippen molar-refractivity contribution < 1.29 is 33.9 Å². The number of amides is 5. The largest absolute Gasteiger partial charge is 0.480 e. The third-order valence-electron chi connectivity index (χ3n) is 10.2. The fourth-order valence-electron chi connectivity index (χ4n) is 6.85. The Morgan fingerprint density at radius 3 is 1.89 bits per heavy atom. The van der Waals surface area contributed by atoms with Crippen LogP contribution in [0.1, 0.15) is 95.6 Å². The summed E-state index contributed by atoms with van der Waals surface area (Å²) in [6.45, 7) is 4.63. The van der Waals surface area contributed by atoms with Gasteiger partial charge < -0.3 is 42.7 Å². The molecule has 0 saturated carbocycles. The molecule has 6 atom stereocenters. The molecule has 1 saturated heterocycles. The number of nitrogens with two attached hydrogens (primary N) is 2. The predicted octanol–water partition coefficient (Wildman–Crippen LogP) is 1.87. The van der Waals surface area contributed by atoms with Crippen LogP contribution in [-0.2, 0) is 41.6 Å². The summed E-state index contributed by atoms with van der Waals surface area (Å²) in [5.41, 5.74) is 13.5. The van der Waals surface area contributed by atoms with Gasteiger partial charge in [-0.15, -0.1) is 0 Å². The minimum atomic E-state index is -1.17. The number of nitrogens with one attached hydrogen (secondary N) is 5. The van der Waals surface area contributed by atoms with Gasteiger partial charge in [-0.25, -0.2) is 4.79 Å². The van der Waals surface area contributed by atoms with Crippen LogP contribution in [0.25, 0.3) is 0 Å². The Hall–Kier alpha value is -4.86.